The van der Waals surface area contributed by atoms with E-state index >= 15 is 0 Å². The van der Waals surface area contributed by atoms with Crippen LogP contribution in [0.5, 0.6) is 0 Å². The molecule has 1 aromatic rings. The third kappa shape index (κ3) is 5.69. The first-order valence-corrected chi connectivity index (χ1v) is 7.41. The van der Waals surface area contributed by atoms with Crippen LogP contribution in [0, 0.1) is 6.92 Å². The molecule has 0 aliphatic carbocycles. The maximum absolute atomic E-state index is 3.58. The van der Waals surface area contributed by atoms with Gasteiger partial charge < -0.3 is 5.32 Å². The molecule has 0 heterocycles. The molecule has 0 aliphatic heterocycles. The number of aryl methyl sites for hydroxylation is 1. The Morgan fingerprint density at radius 1 is 1.29 bits per heavy atom. The van der Waals surface area contributed by atoms with Gasteiger partial charge in [0.25, 0.3) is 0 Å². The summed E-state index contributed by atoms with van der Waals surface area (Å²) in [7, 11) is 0. The molecule has 0 aromatic heterocycles. The fourth-order valence-electron chi connectivity index (χ4n) is 1.84. The molecule has 17 heavy (non-hydrogen) atoms. The van der Waals surface area contributed by atoms with E-state index in [1.54, 1.807) is 0 Å². The van der Waals surface area contributed by atoms with Gasteiger partial charge in [-0.3, -0.25) is 0 Å². The highest BCUT2D eigenvalue weighted by atomic mass is 79.9. The van der Waals surface area contributed by atoms with Gasteiger partial charge >= 0.3 is 0 Å². The van der Waals surface area contributed by atoms with E-state index in [9.17, 15) is 0 Å². The van der Waals surface area contributed by atoms with Gasteiger partial charge in [-0.1, -0.05) is 54.2 Å². The Labute approximate surface area is 114 Å². The second kappa shape index (κ2) is 7.88. The summed E-state index contributed by atoms with van der Waals surface area (Å²) in [5.41, 5.74) is 2.65. The fourth-order valence-corrected chi connectivity index (χ4v) is 2.27. The minimum atomic E-state index is 0.613. The molecule has 1 N–H and O–H groups in total. The van der Waals surface area contributed by atoms with Gasteiger partial charge in [-0.2, -0.15) is 0 Å². The third-order valence-electron chi connectivity index (χ3n) is 3.13. The molecular weight excluding hydrogens is 274 g/mol. The molecule has 0 bridgehead atoms. The van der Waals surface area contributed by atoms with E-state index in [4.69, 9.17) is 0 Å². The third-order valence-corrected chi connectivity index (χ3v) is 3.99. The predicted molar refractivity (Wildman–Crippen MR) is 79.3 cm³/mol. The minimum absolute atomic E-state index is 0.613. The molecular formula is C15H24BrN. The largest absolute Gasteiger partial charge is 0.310 e. The van der Waals surface area contributed by atoms with Crippen LogP contribution in [0.15, 0.2) is 22.7 Å². The summed E-state index contributed by atoms with van der Waals surface area (Å²) in [6.07, 6.45) is 5.27. The van der Waals surface area contributed by atoms with Gasteiger partial charge in [0.15, 0.2) is 0 Å². The van der Waals surface area contributed by atoms with Crippen molar-refractivity contribution in [1.82, 2.24) is 5.32 Å². The first-order valence-electron chi connectivity index (χ1n) is 6.62. The zero-order chi connectivity index (χ0) is 12.7. The van der Waals surface area contributed by atoms with E-state index in [2.05, 4.69) is 60.2 Å². The lowest BCUT2D eigenvalue weighted by Crippen LogP contribution is -2.25. The monoisotopic (exact) mass is 297 g/mol. The maximum atomic E-state index is 3.58. The van der Waals surface area contributed by atoms with Crippen molar-refractivity contribution in [1.29, 1.82) is 0 Å². The van der Waals surface area contributed by atoms with E-state index in [0.29, 0.717) is 6.04 Å². The quantitative estimate of drug-likeness (QED) is 0.712. The van der Waals surface area contributed by atoms with E-state index in [1.165, 1.54) is 41.3 Å². The lowest BCUT2D eigenvalue weighted by atomic mass is 10.1. The van der Waals surface area contributed by atoms with Crippen LogP contribution in [0.25, 0.3) is 0 Å². The van der Waals surface area contributed by atoms with Crippen LogP contribution in [0.2, 0.25) is 0 Å². The normalized spacial score (nSPS) is 12.7. The average molecular weight is 298 g/mol. The maximum Gasteiger partial charge on any atom is 0.0208 e. The van der Waals surface area contributed by atoms with Crippen LogP contribution in [0.3, 0.4) is 0 Å². The number of unbranched alkanes of at least 4 members (excludes halogenated alkanes) is 2. The number of hydrogen-bond donors (Lipinski definition) is 1. The summed E-state index contributed by atoms with van der Waals surface area (Å²) in [6.45, 7) is 7.61. The predicted octanol–water partition coefficient (Wildman–Crippen LogP) is 4.82. The Hall–Kier alpha value is -0.340. The van der Waals surface area contributed by atoms with E-state index in [1.807, 2.05) is 0 Å². The van der Waals surface area contributed by atoms with Crippen molar-refractivity contribution in [2.75, 3.05) is 0 Å². The summed E-state index contributed by atoms with van der Waals surface area (Å²) in [5, 5.41) is 3.58. The molecule has 0 aliphatic rings. The topological polar surface area (TPSA) is 12.0 Å². The molecule has 0 fully saturated rings. The van der Waals surface area contributed by atoms with E-state index < -0.39 is 0 Å². The number of nitrogens with one attached hydrogen (secondary N) is 1. The molecule has 0 radical (unpaired) electrons. The SMILES string of the molecule is CCCCCC(C)NCc1ccc(C)c(Br)c1. The lowest BCUT2D eigenvalue weighted by molar-refractivity contribution is 0.487. The molecule has 1 aromatic carbocycles. The highest BCUT2D eigenvalue weighted by Gasteiger charge is 2.02. The van der Waals surface area contributed by atoms with Crippen molar-refractivity contribution in [3.05, 3.63) is 33.8 Å². The molecule has 1 nitrogen and oxygen atoms in total. The van der Waals surface area contributed by atoms with Crippen LogP contribution in [0.1, 0.15) is 50.7 Å². The molecule has 0 amide bonds. The number of benzene rings is 1. The van der Waals surface area contributed by atoms with Gasteiger partial charge in [0.2, 0.25) is 0 Å². The summed E-state index contributed by atoms with van der Waals surface area (Å²) in [5.74, 6) is 0. The second-order valence-electron chi connectivity index (χ2n) is 4.86. The molecule has 0 saturated carbocycles. The zero-order valence-corrected chi connectivity index (χ0v) is 12.8. The summed E-state index contributed by atoms with van der Waals surface area (Å²) < 4.78 is 1.20. The minimum Gasteiger partial charge on any atom is -0.310 e. The Balaban J connectivity index is 2.31. The molecule has 0 spiro atoms. The van der Waals surface area contributed by atoms with Gasteiger partial charge in [-0.15, -0.1) is 0 Å². The van der Waals surface area contributed by atoms with Crippen molar-refractivity contribution in [2.24, 2.45) is 0 Å². The van der Waals surface area contributed by atoms with Gasteiger partial charge in [-0.05, 0) is 37.5 Å². The Kier molecular flexibility index (Phi) is 6.83. The van der Waals surface area contributed by atoms with Crippen LogP contribution < -0.4 is 5.32 Å². The lowest BCUT2D eigenvalue weighted by Gasteiger charge is -2.14. The van der Waals surface area contributed by atoms with Gasteiger partial charge in [0.05, 0.1) is 0 Å². The standard InChI is InChI=1S/C15H24BrN/c1-4-5-6-7-13(3)17-11-14-9-8-12(2)15(16)10-14/h8-10,13,17H,4-7,11H2,1-3H3. The van der Waals surface area contributed by atoms with Crippen molar-refractivity contribution in [2.45, 2.75) is 59.0 Å². The van der Waals surface area contributed by atoms with Crippen molar-refractivity contribution < 1.29 is 0 Å². The summed E-state index contributed by atoms with van der Waals surface area (Å²) in [6, 6.07) is 7.19. The van der Waals surface area contributed by atoms with E-state index in [0.717, 1.165) is 6.54 Å². The zero-order valence-electron chi connectivity index (χ0n) is 11.2. The first-order chi connectivity index (χ1) is 8.13. The second-order valence-corrected chi connectivity index (χ2v) is 5.72. The van der Waals surface area contributed by atoms with Crippen LogP contribution in [-0.2, 0) is 6.54 Å². The molecule has 1 atom stereocenters. The van der Waals surface area contributed by atoms with Crippen molar-refractivity contribution in [3.8, 4) is 0 Å². The smallest absolute Gasteiger partial charge is 0.0208 e. The molecule has 0 saturated heterocycles. The fraction of sp³-hybridized carbons (Fsp3) is 0.600. The molecule has 1 unspecified atom stereocenters. The van der Waals surface area contributed by atoms with Crippen LogP contribution in [-0.4, -0.2) is 6.04 Å². The number of hydrogen-bond acceptors (Lipinski definition) is 1. The van der Waals surface area contributed by atoms with Crippen LogP contribution >= 0.6 is 15.9 Å². The van der Waals surface area contributed by atoms with Crippen LogP contribution in [0.4, 0.5) is 0 Å². The highest BCUT2D eigenvalue weighted by molar-refractivity contribution is 9.10. The highest BCUT2D eigenvalue weighted by Crippen LogP contribution is 2.17. The molecule has 96 valence electrons. The average Bonchev–Trinajstić information content (AvgIpc) is 2.31. The van der Waals surface area contributed by atoms with Gasteiger partial charge in [0, 0.05) is 17.1 Å². The Morgan fingerprint density at radius 3 is 2.71 bits per heavy atom. The van der Waals surface area contributed by atoms with Crippen molar-refractivity contribution in [3.63, 3.8) is 0 Å². The Bertz CT molecular complexity index is 336. The van der Waals surface area contributed by atoms with Crippen molar-refractivity contribution >= 4 is 15.9 Å². The summed E-state index contributed by atoms with van der Waals surface area (Å²) >= 11 is 3.58. The van der Waals surface area contributed by atoms with Gasteiger partial charge in [-0.25, -0.2) is 0 Å². The van der Waals surface area contributed by atoms with E-state index in [-0.39, 0.29) is 0 Å². The Morgan fingerprint density at radius 2 is 2.06 bits per heavy atom. The summed E-state index contributed by atoms with van der Waals surface area (Å²) in [4.78, 5) is 0. The first kappa shape index (κ1) is 14.7. The molecule has 1 rings (SSSR count). The number of rotatable bonds is 7. The van der Waals surface area contributed by atoms with Gasteiger partial charge in [0.1, 0.15) is 0 Å². The molecule has 2 heteroatoms. The number of halogens is 1.